The third-order valence-electron chi connectivity index (χ3n) is 7.33. The lowest BCUT2D eigenvalue weighted by molar-refractivity contribution is 0.102. The summed E-state index contributed by atoms with van der Waals surface area (Å²) in [5, 5.41) is 10.4. The summed E-state index contributed by atoms with van der Waals surface area (Å²) in [5.41, 5.74) is 0.919. The predicted molar refractivity (Wildman–Crippen MR) is 141 cm³/mol. The number of ether oxygens (including phenoxy) is 2. The number of carbonyl (C=O) groups is 1. The van der Waals surface area contributed by atoms with Gasteiger partial charge in [-0.3, -0.25) is 10.1 Å². The number of anilines is 1. The maximum absolute atomic E-state index is 13.5. The van der Waals surface area contributed by atoms with Crippen LogP contribution in [0.25, 0.3) is 11.5 Å². The van der Waals surface area contributed by atoms with Crippen molar-refractivity contribution in [2.24, 2.45) is 10.8 Å². The van der Waals surface area contributed by atoms with Gasteiger partial charge in [-0.05, 0) is 66.5 Å². The van der Waals surface area contributed by atoms with Crippen LogP contribution in [0.5, 0.6) is 11.5 Å². The summed E-state index contributed by atoms with van der Waals surface area (Å²) in [4.78, 5) is 13.0. The number of nitrogens with one attached hydrogen (secondary N) is 1. The number of hydrogen-bond acceptors (Lipinski definition) is 8. The Kier molecular flexibility index (Phi) is 6.47. The molecule has 1 saturated heterocycles. The molecule has 2 bridgehead atoms. The summed E-state index contributed by atoms with van der Waals surface area (Å²) < 4.78 is 44.8. The standard InChI is InChI=1S/C27H32N4O6S/c1-26(2)13-19-14-27(3,15-26)16-31(19)38(33,34)22-8-6-17(7-9-22)23(32)28-25-30-29-24(37-25)18-10-20(35-4)12-21(11-18)36-5/h6-12,19H,13-16H2,1-5H3,(H,28,30,32). The Bertz CT molecular complexity index is 1440. The molecule has 1 aromatic heterocycles. The van der Waals surface area contributed by atoms with Gasteiger partial charge in [0.25, 0.3) is 5.91 Å². The maximum Gasteiger partial charge on any atom is 0.322 e. The highest BCUT2D eigenvalue weighted by Gasteiger charge is 2.53. The molecular formula is C27H32N4O6S. The van der Waals surface area contributed by atoms with Gasteiger partial charge in [0.05, 0.1) is 19.1 Å². The minimum atomic E-state index is -3.68. The summed E-state index contributed by atoms with van der Waals surface area (Å²) >= 11 is 0. The Hall–Kier alpha value is -3.44. The number of amides is 1. The number of sulfonamides is 1. The van der Waals surface area contributed by atoms with Crippen LogP contribution in [0.3, 0.4) is 0 Å². The first-order valence-electron chi connectivity index (χ1n) is 12.4. The first-order chi connectivity index (χ1) is 17.9. The molecular weight excluding hydrogens is 508 g/mol. The van der Waals surface area contributed by atoms with Gasteiger partial charge in [-0.1, -0.05) is 25.9 Å². The minimum Gasteiger partial charge on any atom is -0.497 e. The maximum atomic E-state index is 13.5. The molecule has 0 spiro atoms. The van der Waals surface area contributed by atoms with E-state index in [2.05, 4.69) is 36.3 Å². The van der Waals surface area contributed by atoms with Crippen LogP contribution in [0.15, 0.2) is 51.8 Å². The van der Waals surface area contributed by atoms with E-state index in [1.807, 2.05) is 0 Å². The largest absolute Gasteiger partial charge is 0.497 e. The van der Waals surface area contributed by atoms with Gasteiger partial charge in [0.15, 0.2) is 0 Å². The molecule has 1 N–H and O–H groups in total. The van der Waals surface area contributed by atoms with E-state index >= 15 is 0 Å². The van der Waals surface area contributed by atoms with E-state index in [-0.39, 0.29) is 39.2 Å². The monoisotopic (exact) mass is 540 g/mol. The normalized spacial score (nSPS) is 22.7. The van der Waals surface area contributed by atoms with Crippen LogP contribution in [-0.4, -0.2) is 55.6 Å². The highest BCUT2D eigenvalue weighted by molar-refractivity contribution is 7.89. The lowest BCUT2D eigenvalue weighted by atomic mass is 9.65. The molecule has 3 aromatic rings. The average molecular weight is 541 g/mol. The van der Waals surface area contributed by atoms with E-state index in [0.717, 1.165) is 19.3 Å². The first-order valence-corrected chi connectivity index (χ1v) is 13.9. The molecule has 38 heavy (non-hydrogen) atoms. The lowest BCUT2D eigenvalue weighted by Crippen LogP contribution is -2.37. The third-order valence-corrected chi connectivity index (χ3v) is 9.25. The molecule has 5 rings (SSSR count). The molecule has 0 radical (unpaired) electrons. The summed E-state index contributed by atoms with van der Waals surface area (Å²) in [6.07, 6.45) is 2.73. The summed E-state index contributed by atoms with van der Waals surface area (Å²) in [5.74, 6) is 0.770. The van der Waals surface area contributed by atoms with E-state index in [9.17, 15) is 13.2 Å². The Morgan fingerprint density at radius 2 is 1.68 bits per heavy atom. The second kappa shape index (κ2) is 9.39. The van der Waals surface area contributed by atoms with Crippen LogP contribution in [0.2, 0.25) is 0 Å². The average Bonchev–Trinajstić information content (AvgIpc) is 3.44. The second-order valence-corrected chi connectivity index (χ2v) is 13.1. The SMILES string of the molecule is COc1cc(OC)cc(-c2nnc(NC(=O)c3ccc(S(=O)(=O)N4CC5(C)CC4CC(C)(C)C5)cc3)o2)c1. The highest BCUT2D eigenvalue weighted by Crippen LogP contribution is 2.53. The number of benzene rings is 2. The number of rotatable bonds is 7. The van der Waals surface area contributed by atoms with Crippen LogP contribution in [0, 0.1) is 10.8 Å². The number of methoxy groups -OCH3 is 2. The van der Waals surface area contributed by atoms with Crippen molar-refractivity contribution in [1.82, 2.24) is 14.5 Å². The molecule has 2 atom stereocenters. The van der Waals surface area contributed by atoms with Crippen molar-refractivity contribution in [2.45, 2.75) is 51.0 Å². The van der Waals surface area contributed by atoms with Crippen LogP contribution >= 0.6 is 0 Å². The number of aromatic nitrogens is 2. The van der Waals surface area contributed by atoms with Crippen LogP contribution in [-0.2, 0) is 10.0 Å². The van der Waals surface area contributed by atoms with E-state index < -0.39 is 15.9 Å². The van der Waals surface area contributed by atoms with Crippen LogP contribution < -0.4 is 14.8 Å². The topological polar surface area (TPSA) is 124 Å². The number of nitrogens with zero attached hydrogens (tertiary/aromatic N) is 3. The van der Waals surface area contributed by atoms with Crippen molar-refractivity contribution in [3.05, 3.63) is 48.0 Å². The Labute approximate surface area is 222 Å². The van der Waals surface area contributed by atoms with Gasteiger partial charge in [-0.15, -0.1) is 5.10 Å². The Morgan fingerprint density at radius 1 is 1.03 bits per heavy atom. The van der Waals surface area contributed by atoms with Crippen LogP contribution in [0.1, 0.15) is 50.4 Å². The first kappa shape index (κ1) is 26.2. The summed E-state index contributed by atoms with van der Waals surface area (Å²) in [7, 11) is -0.614. The molecule has 10 nitrogen and oxygen atoms in total. The van der Waals surface area contributed by atoms with Crippen molar-refractivity contribution >= 4 is 21.9 Å². The van der Waals surface area contributed by atoms with E-state index in [1.165, 1.54) is 38.5 Å². The Morgan fingerprint density at radius 3 is 2.32 bits per heavy atom. The number of hydrogen-bond donors (Lipinski definition) is 1. The third kappa shape index (κ3) is 5.00. The second-order valence-electron chi connectivity index (χ2n) is 11.3. The summed E-state index contributed by atoms with van der Waals surface area (Å²) in [6.45, 7) is 7.11. The number of fused-ring (bicyclic) bond motifs is 2. The lowest BCUT2D eigenvalue weighted by Gasteiger charge is -2.39. The van der Waals surface area contributed by atoms with Crippen molar-refractivity contribution in [3.8, 4) is 23.0 Å². The minimum absolute atomic E-state index is 0.00648. The zero-order valence-electron chi connectivity index (χ0n) is 22.1. The number of carbonyl (C=O) groups excluding carboxylic acids is 1. The molecule has 202 valence electrons. The fourth-order valence-electron chi connectivity index (χ4n) is 6.09. The molecule has 1 aliphatic carbocycles. The van der Waals surface area contributed by atoms with Crippen LogP contribution in [0.4, 0.5) is 6.01 Å². The van der Waals surface area contributed by atoms with Crippen molar-refractivity contribution in [2.75, 3.05) is 26.1 Å². The predicted octanol–water partition coefficient (Wildman–Crippen LogP) is 4.60. The van der Waals surface area contributed by atoms with Crippen molar-refractivity contribution in [3.63, 3.8) is 0 Å². The van der Waals surface area contributed by atoms with Gasteiger partial charge >= 0.3 is 6.01 Å². The molecule has 1 aliphatic heterocycles. The van der Waals surface area contributed by atoms with E-state index in [0.29, 0.717) is 23.6 Å². The zero-order valence-corrected chi connectivity index (χ0v) is 23.0. The molecule has 1 amide bonds. The zero-order chi connectivity index (χ0) is 27.3. The Balaban J connectivity index is 1.29. The summed E-state index contributed by atoms with van der Waals surface area (Å²) in [6, 6.07) is 10.9. The van der Waals surface area contributed by atoms with E-state index in [1.54, 1.807) is 22.5 Å². The fraction of sp³-hybridized carbons (Fsp3) is 0.444. The van der Waals surface area contributed by atoms with Gasteiger partial charge in [0.1, 0.15) is 11.5 Å². The molecule has 2 heterocycles. The highest BCUT2D eigenvalue weighted by atomic mass is 32.2. The molecule has 1 saturated carbocycles. The molecule has 11 heteroatoms. The molecule has 2 unspecified atom stereocenters. The van der Waals surface area contributed by atoms with Gasteiger partial charge in [-0.25, -0.2) is 8.42 Å². The quantitative estimate of drug-likeness (QED) is 0.461. The van der Waals surface area contributed by atoms with Gasteiger partial charge in [-0.2, -0.15) is 4.31 Å². The van der Waals surface area contributed by atoms with Gasteiger partial charge in [0.2, 0.25) is 15.9 Å². The van der Waals surface area contributed by atoms with Gasteiger partial charge < -0.3 is 13.9 Å². The molecule has 2 aliphatic rings. The molecule has 2 fully saturated rings. The fourth-order valence-corrected chi connectivity index (χ4v) is 7.87. The molecule has 2 aromatic carbocycles. The van der Waals surface area contributed by atoms with Crippen molar-refractivity contribution < 1.29 is 27.1 Å². The van der Waals surface area contributed by atoms with E-state index in [4.69, 9.17) is 13.9 Å². The smallest absolute Gasteiger partial charge is 0.322 e. The van der Waals surface area contributed by atoms with Gasteiger partial charge in [0, 0.05) is 29.8 Å². The van der Waals surface area contributed by atoms with Crippen molar-refractivity contribution in [1.29, 1.82) is 0 Å².